The molecule has 10 nitrogen and oxygen atoms in total. The van der Waals surface area contributed by atoms with Gasteiger partial charge < -0.3 is 19.9 Å². The lowest BCUT2D eigenvalue weighted by Crippen LogP contribution is -2.50. The van der Waals surface area contributed by atoms with E-state index >= 15 is 0 Å². The number of pyridine rings is 1. The highest BCUT2D eigenvalue weighted by Gasteiger charge is 2.43. The van der Waals surface area contributed by atoms with Crippen molar-refractivity contribution >= 4 is 18.0 Å². The fourth-order valence-corrected chi connectivity index (χ4v) is 3.87. The summed E-state index contributed by atoms with van der Waals surface area (Å²) in [5.74, 6) is -0.390. The molecular weight excluding hydrogens is 483 g/mol. The van der Waals surface area contributed by atoms with E-state index in [9.17, 15) is 18.0 Å². The Bertz CT molecular complexity index is 1340. The van der Waals surface area contributed by atoms with Gasteiger partial charge in [-0.05, 0) is 42.0 Å². The second kappa shape index (κ2) is 9.90. The van der Waals surface area contributed by atoms with Gasteiger partial charge in [-0.25, -0.2) is 9.50 Å². The molecule has 0 fully saturated rings. The number of halogens is 3. The summed E-state index contributed by atoms with van der Waals surface area (Å²) in [5, 5.41) is 14.0. The number of aromatic nitrogens is 4. The Morgan fingerprint density at radius 3 is 2.58 bits per heavy atom. The summed E-state index contributed by atoms with van der Waals surface area (Å²) in [5.41, 5.74) is 0.433. The van der Waals surface area contributed by atoms with Crippen molar-refractivity contribution in [1.82, 2.24) is 24.9 Å². The van der Waals surface area contributed by atoms with Crippen molar-refractivity contribution in [2.24, 2.45) is 0 Å². The Labute approximate surface area is 201 Å². The molecule has 0 spiro atoms. The molecule has 1 aliphatic rings. The molecule has 0 bridgehead atoms. The van der Waals surface area contributed by atoms with Gasteiger partial charge in [-0.2, -0.15) is 5.10 Å². The summed E-state index contributed by atoms with van der Waals surface area (Å²) in [4.78, 5) is 30.4. The fourth-order valence-electron chi connectivity index (χ4n) is 3.87. The van der Waals surface area contributed by atoms with E-state index < -0.39 is 17.8 Å². The van der Waals surface area contributed by atoms with Crippen molar-refractivity contribution < 1.29 is 37.3 Å². The van der Waals surface area contributed by atoms with Crippen LogP contribution in [0.4, 0.5) is 13.2 Å². The molecule has 1 aromatic carbocycles. The monoisotopic (exact) mass is 501 g/mol. The minimum atomic E-state index is -4.81. The number of carbonyl (C=O) groups is 2. The van der Waals surface area contributed by atoms with E-state index in [1.165, 1.54) is 35.0 Å². The first-order valence-corrected chi connectivity index (χ1v) is 10.4. The number of nitrogens with one attached hydrogen (secondary N) is 1. The third-order valence-corrected chi connectivity index (χ3v) is 5.29. The predicted octanol–water partition coefficient (Wildman–Crippen LogP) is 3.18. The normalized spacial score (nSPS) is 16.6. The molecule has 4 aromatic rings. The zero-order valence-corrected chi connectivity index (χ0v) is 18.3. The van der Waals surface area contributed by atoms with Gasteiger partial charge in [-0.3, -0.25) is 14.6 Å². The summed E-state index contributed by atoms with van der Waals surface area (Å²) in [6.45, 7) is 0.00645. The number of carboxylic acid groups (broad SMARTS) is 1. The maximum absolute atomic E-state index is 13.3. The van der Waals surface area contributed by atoms with E-state index in [4.69, 9.17) is 14.6 Å². The summed E-state index contributed by atoms with van der Waals surface area (Å²) < 4.78 is 49.0. The summed E-state index contributed by atoms with van der Waals surface area (Å²) >= 11 is 0. The minimum Gasteiger partial charge on any atom is -0.491 e. The van der Waals surface area contributed by atoms with E-state index in [-0.39, 0.29) is 24.5 Å². The number of rotatable bonds is 4. The van der Waals surface area contributed by atoms with Gasteiger partial charge in [-0.15, -0.1) is 13.2 Å². The molecule has 1 aliphatic heterocycles. The van der Waals surface area contributed by atoms with Crippen LogP contribution in [0, 0.1) is 0 Å². The van der Waals surface area contributed by atoms with Crippen LogP contribution in [0.15, 0.2) is 67.1 Å². The Morgan fingerprint density at radius 2 is 1.89 bits per heavy atom. The number of ether oxygens (including phenoxy) is 2. The van der Waals surface area contributed by atoms with Crippen LogP contribution in [-0.2, 0) is 10.3 Å². The third-order valence-electron chi connectivity index (χ3n) is 5.29. The van der Waals surface area contributed by atoms with E-state index in [2.05, 4.69) is 25.1 Å². The van der Waals surface area contributed by atoms with Crippen molar-refractivity contribution in [3.05, 3.63) is 84.1 Å². The highest BCUT2D eigenvalue weighted by atomic mass is 19.4. The molecule has 0 radical (unpaired) electrons. The van der Waals surface area contributed by atoms with Gasteiger partial charge in [0, 0.05) is 18.8 Å². The number of benzene rings is 1. The standard InChI is InChI=1S/C22H16F3N5O3.CH2O2/c23-22(24,25)33-15-7-5-14(6-8-15)21(9-12-32-17-3-1-10-26-19(17)21)29-20(31)16-13-30-18(28-16)4-2-11-27-30;2-1-3/h1-8,10-11,13H,9,12H2,(H,29,31);1H,(H,2,3)/t21-;/m0./s1. The zero-order chi connectivity index (χ0) is 25.8. The first kappa shape index (κ1) is 24.4. The van der Waals surface area contributed by atoms with E-state index in [0.29, 0.717) is 29.1 Å². The molecule has 1 atom stereocenters. The van der Waals surface area contributed by atoms with E-state index in [1.54, 1.807) is 36.7 Å². The zero-order valence-electron chi connectivity index (χ0n) is 18.3. The number of fused-ring (bicyclic) bond motifs is 2. The van der Waals surface area contributed by atoms with Crippen LogP contribution < -0.4 is 14.8 Å². The quantitative estimate of drug-likeness (QED) is 0.408. The molecule has 36 heavy (non-hydrogen) atoms. The van der Waals surface area contributed by atoms with Crippen LogP contribution in [0.3, 0.4) is 0 Å². The second-order valence-corrected chi connectivity index (χ2v) is 7.44. The smallest absolute Gasteiger partial charge is 0.491 e. The molecule has 3 aromatic heterocycles. The van der Waals surface area contributed by atoms with Crippen LogP contribution in [0.1, 0.15) is 28.2 Å². The average molecular weight is 501 g/mol. The lowest BCUT2D eigenvalue weighted by molar-refractivity contribution is -0.274. The van der Waals surface area contributed by atoms with Crippen molar-refractivity contribution in [2.75, 3.05) is 6.61 Å². The molecule has 4 heterocycles. The number of carbonyl (C=O) groups excluding carboxylic acids is 1. The third kappa shape index (κ3) is 5.04. The molecule has 2 N–H and O–H groups in total. The second-order valence-electron chi connectivity index (χ2n) is 7.44. The molecule has 186 valence electrons. The highest BCUT2D eigenvalue weighted by molar-refractivity contribution is 5.94. The van der Waals surface area contributed by atoms with Gasteiger partial charge in [0.15, 0.2) is 5.65 Å². The van der Waals surface area contributed by atoms with Gasteiger partial charge in [0.25, 0.3) is 12.4 Å². The first-order valence-electron chi connectivity index (χ1n) is 10.4. The molecule has 1 amide bonds. The van der Waals surface area contributed by atoms with Crippen molar-refractivity contribution in [3.63, 3.8) is 0 Å². The van der Waals surface area contributed by atoms with Crippen molar-refractivity contribution in [1.29, 1.82) is 0 Å². The molecule has 5 rings (SSSR count). The maximum Gasteiger partial charge on any atom is 0.573 e. The SMILES string of the molecule is O=C(N[C@]1(c2ccc(OC(F)(F)F)cc2)CCOc2cccnc21)c1cn2ncccc2n1.O=CO. The summed E-state index contributed by atoms with van der Waals surface area (Å²) in [6, 6.07) is 12.2. The molecule has 0 saturated carbocycles. The number of amides is 1. The predicted molar refractivity (Wildman–Crippen MR) is 117 cm³/mol. The van der Waals surface area contributed by atoms with E-state index in [1.807, 2.05) is 0 Å². The van der Waals surface area contributed by atoms with Crippen molar-refractivity contribution in [3.8, 4) is 11.5 Å². The van der Waals surface area contributed by atoms with Gasteiger partial charge >= 0.3 is 6.36 Å². The largest absolute Gasteiger partial charge is 0.573 e. The maximum atomic E-state index is 13.3. The van der Waals surface area contributed by atoms with Gasteiger partial charge in [0.2, 0.25) is 0 Å². The Morgan fingerprint density at radius 1 is 1.17 bits per heavy atom. The minimum absolute atomic E-state index is 0.133. The molecule has 0 unspecified atom stereocenters. The first-order chi connectivity index (χ1) is 17.3. The van der Waals surface area contributed by atoms with Gasteiger partial charge in [-0.1, -0.05) is 12.1 Å². The van der Waals surface area contributed by atoms with Crippen LogP contribution >= 0.6 is 0 Å². The summed E-state index contributed by atoms with van der Waals surface area (Å²) in [7, 11) is 0. The molecule has 0 saturated heterocycles. The van der Waals surface area contributed by atoms with Crippen LogP contribution in [0.25, 0.3) is 5.65 Å². The van der Waals surface area contributed by atoms with Gasteiger partial charge in [0.1, 0.15) is 28.4 Å². The van der Waals surface area contributed by atoms with E-state index in [0.717, 1.165) is 0 Å². The summed E-state index contributed by atoms with van der Waals surface area (Å²) in [6.07, 6.45) is 0.119. The highest BCUT2D eigenvalue weighted by Crippen LogP contribution is 2.41. The number of imidazole rings is 1. The molecule has 13 heteroatoms. The number of alkyl halides is 3. The fraction of sp³-hybridized carbons (Fsp3) is 0.174. The van der Waals surface area contributed by atoms with Crippen LogP contribution in [0.2, 0.25) is 0 Å². The van der Waals surface area contributed by atoms with Gasteiger partial charge in [0.05, 0.1) is 12.8 Å². The van der Waals surface area contributed by atoms with Crippen molar-refractivity contribution in [2.45, 2.75) is 18.3 Å². The Balaban J connectivity index is 0.000000967. The topological polar surface area (TPSA) is 128 Å². The number of hydrogen-bond acceptors (Lipinski definition) is 7. The lowest BCUT2D eigenvalue weighted by atomic mass is 9.81. The Kier molecular flexibility index (Phi) is 6.72. The molecule has 0 aliphatic carbocycles. The van der Waals surface area contributed by atoms with Crippen LogP contribution in [0.5, 0.6) is 11.5 Å². The number of hydrogen-bond donors (Lipinski definition) is 2. The average Bonchev–Trinajstić information content (AvgIpc) is 3.29. The number of nitrogens with zero attached hydrogens (tertiary/aromatic N) is 4. The molecular formula is C23H18F3N5O5. The van der Waals surface area contributed by atoms with Crippen LogP contribution in [-0.4, -0.2) is 50.0 Å². The lowest BCUT2D eigenvalue weighted by Gasteiger charge is -2.38. The Hall–Kier alpha value is -4.68.